The largest absolute Gasteiger partial charge is 0.397 e. The van der Waals surface area contributed by atoms with Crippen LogP contribution in [-0.2, 0) is 0 Å². The molecule has 1 aromatic heterocycles. The lowest BCUT2D eigenvalue weighted by Crippen LogP contribution is -2.33. The second kappa shape index (κ2) is 5.54. The number of amides is 1. The first-order chi connectivity index (χ1) is 9.98. The van der Waals surface area contributed by atoms with Crippen LogP contribution in [-0.4, -0.2) is 34.4 Å². The van der Waals surface area contributed by atoms with Gasteiger partial charge in [-0.1, -0.05) is 32.0 Å². The number of rotatable bonds is 1. The van der Waals surface area contributed by atoms with Gasteiger partial charge in [-0.15, -0.1) is 11.3 Å². The minimum atomic E-state index is 0.0898. The SMILES string of the molecule is CC1(C)CCN(C(=O)c2sc3ccccc3c2N)CCS1. The molecule has 0 unspecified atom stereocenters. The second-order valence-corrected chi connectivity index (χ2v) is 8.85. The van der Waals surface area contributed by atoms with E-state index >= 15 is 0 Å². The topological polar surface area (TPSA) is 46.3 Å². The van der Waals surface area contributed by atoms with Gasteiger partial charge in [0.05, 0.1) is 5.69 Å². The van der Waals surface area contributed by atoms with Crippen LogP contribution in [0.2, 0.25) is 0 Å². The van der Waals surface area contributed by atoms with Crippen molar-refractivity contribution in [2.45, 2.75) is 25.0 Å². The van der Waals surface area contributed by atoms with Crippen molar-refractivity contribution in [2.24, 2.45) is 0 Å². The summed E-state index contributed by atoms with van der Waals surface area (Å²) in [5, 5.41) is 0.996. The molecule has 0 saturated carbocycles. The molecule has 1 aliphatic heterocycles. The standard InChI is InChI=1S/C16H20N2OS2/c1-16(2)7-8-18(9-10-20-16)15(19)14-13(17)11-5-3-4-6-12(11)21-14/h3-6H,7-10,17H2,1-2H3. The van der Waals surface area contributed by atoms with Gasteiger partial charge in [-0.3, -0.25) is 4.79 Å². The Labute approximate surface area is 133 Å². The first-order valence-corrected chi connectivity index (χ1v) is 8.98. The Morgan fingerprint density at radius 1 is 1.29 bits per heavy atom. The molecule has 3 nitrogen and oxygen atoms in total. The zero-order valence-corrected chi connectivity index (χ0v) is 14.0. The van der Waals surface area contributed by atoms with E-state index in [2.05, 4.69) is 13.8 Å². The Morgan fingerprint density at radius 3 is 2.81 bits per heavy atom. The molecule has 1 fully saturated rings. The van der Waals surface area contributed by atoms with Crippen molar-refractivity contribution in [3.8, 4) is 0 Å². The molecule has 0 bridgehead atoms. The van der Waals surface area contributed by atoms with E-state index in [0.29, 0.717) is 10.6 Å². The van der Waals surface area contributed by atoms with Crippen LogP contribution in [0.25, 0.3) is 10.1 Å². The van der Waals surface area contributed by atoms with E-state index < -0.39 is 0 Å². The third-order valence-electron chi connectivity index (χ3n) is 3.95. The zero-order chi connectivity index (χ0) is 15.0. The molecule has 0 aliphatic carbocycles. The second-order valence-electron chi connectivity index (χ2n) is 5.99. The summed E-state index contributed by atoms with van der Waals surface area (Å²) in [5.74, 6) is 1.08. The molecule has 2 heterocycles. The molecule has 0 radical (unpaired) electrons. The molecule has 2 N–H and O–H groups in total. The van der Waals surface area contributed by atoms with Crippen molar-refractivity contribution >= 4 is 44.8 Å². The summed E-state index contributed by atoms with van der Waals surface area (Å²) >= 11 is 3.45. The van der Waals surface area contributed by atoms with Crippen LogP contribution in [0.1, 0.15) is 29.9 Å². The maximum atomic E-state index is 12.8. The molecule has 1 amide bonds. The van der Waals surface area contributed by atoms with Crippen LogP contribution in [0, 0.1) is 0 Å². The third-order valence-corrected chi connectivity index (χ3v) is 6.50. The molecule has 1 aliphatic rings. The van der Waals surface area contributed by atoms with Gasteiger partial charge in [-0.25, -0.2) is 0 Å². The summed E-state index contributed by atoms with van der Waals surface area (Å²) in [7, 11) is 0. The van der Waals surface area contributed by atoms with E-state index in [9.17, 15) is 4.79 Å². The predicted molar refractivity (Wildman–Crippen MR) is 93.3 cm³/mol. The number of hydrogen-bond donors (Lipinski definition) is 1. The highest BCUT2D eigenvalue weighted by Crippen LogP contribution is 2.36. The first-order valence-electron chi connectivity index (χ1n) is 7.18. The number of benzene rings is 1. The van der Waals surface area contributed by atoms with Gasteiger partial charge in [0.25, 0.3) is 5.91 Å². The Balaban J connectivity index is 1.88. The van der Waals surface area contributed by atoms with Crippen molar-refractivity contribution in [1.29, 1.82) is 0 Å². The number of hydrogen-bond acceptors (Lipinski definition) is 4. The number of nitrogens with two attached hydrogens (primary N) is 1. The fourth-order valence-corrected chi connectivity index (χ4v) is 4.78. The smallest absolute Gasteiger partial charge is 0.266 e. The van der Waals surface area contributed by atoms with Crippen LogP contribution in [0.15, 0.2) is 24.3 Å². The monoisotopic (exact) mass is 320 g/mol. The number of nitrogens with zero attached hydrogens (tertiary/aromatic N) is 1. The summed E-state index contributed by atoms with van der Waals surface area (Å²) in [6, 6.07) is 7.95. The summed E-state index contributed by atoms with van der Waals surface area (Å²) in [6.45, 7) is 6.12. The summed E-state index contributed by atoms with van der Waals surface area (Å²) in [5.41, 5.74) is 6.83. The van der Waals surface area contributed by atoms with Gasteiger partial charge in [0.15, 0.2) is 0 Å². The molecule has 5 heteroatoms. The number of carbonyl (C=O) groups excluding carboxylic acids is 1. The average Bonchev–Trinajstić information content (AvgIpc) is 2.67. The molecule has 3 rings (SSSR count). The molecule has 1 aromatic carbocycles. The molecule has 2 aromatic rings. The van der Waals surface area contributed by atoms with Crippen LogP contribution in [0.3, 0.4) is 0 Å². The minimum Gasteiger partial charge on any atom is -0.397 e. The fraction of sp³-hybridized carbons (Fsp3) is 0.438. The summed E-state index contributed by atoms with van der Waals surface area (Å²) in [4.78, 5) is 15.5. The number of nitrogen functional groups attached to an aromatic ring is 1. The van der Waals surface area contributed by atoms with Crippen LogP contribution >= 0.6 is 23.1 Å². The minimum absolute atomic E-state index is 0.0898. The highest BCUT2D eigenvalue weighted by atomic mass is 32.2. The van der Waals surface area contributed by atoms with Gasteiger partial charge in [0.1, 0.15) is 4.88 Å². The zero-order valence-electron chi connectivity index (χ0n) is 12.4. The van der Waals surface area contributed by atoms with Crippen molar-refractivity contribution in [3.63, 3.8) is 0 Å². The van der Waals surface area contributed by atoms with Gasteiger partial charge in [-0.2, -0.15) is 11.8 Å². The number of anilines is 1. The quantitative estimate of drug-likeness (QED) is 0.868. The molecule has 21 heavy (non-hydrogen) atoms. The van der Waals surface area contributed by atoms with Crippen molar-refractivity contribution < 1.29 is 4.79 Å². The van der Waals surface area contributed by atoms with E-state index in [4.69, 9.17) is 5.73 Å². The van der Waals surface area contributed by atoms with Crippen LogP contribution < -0.4 is 5.73 Å². The molecular formula is C16H20N2OS2. The predicted octanol–water partition coefficient (Wildman–Crippen LogP) is 3.84. The van der Waals surface area contributed by atoms with Gasteiger partial charge in [0, 0.05) is 33.7 Å². The number of fused-ring (bicyclic) bond motifs is 1. The van der Waals surface area contributed by atoms with Crippen molar-refractivity contribution in [1.82, 2.24) is 4.90 Å². The van der Waals surface area contributed by atoms with Gasteiger partial charge < -0.3 is 10.6 Å². The highest BCUT2D eigenvalue weighted by molar-refractivity contribution is 8.00. The van der Waals surface area contributed by atoms with E-state index in [1.807, 2.05) is 40.9 Å². The van der Waals surface area contributed by atoms with Gasteiger partial charge >= 0.3 is 0 Å². The Hall–Kier alpha value is -1.20. The third kappa shape index (κ3) is 2.90. The Kier molecular flexibility index (Phi) is 3.88. The summed E-state index contributed by atoms with van der Waals surface area (Å²) in [6.07, 6.45) is 1.02. The number of thiophene rings is 1. The normalized spacial score (nSPS) is 18.7. The van der Waals surface area contributed by atoms with E-state index in [1.165, 1.54) is 11.3 Å². The molecule has 0 atom stereocenters. The molecule has 112 valence electrons. The lowest BCUT2D eigenvalue weighted by molar-refractivity contribution is 0.0770. The Morgan fingerprint density at radius 2 is 2.05 bits per heavy atom. The highest BCUT2D eigenvalue weighted by Gasteiger charge is 2.28. The lowest BCUT2D eigenvalue weighted by Gasteiger charge is -2.22. The maximum absolute atomic E-state index is 12.8. The number of carbonyl (C=O) groups is 1. The maximum Gasteiger partial charge on any atom is 0.266 e. The molecule has 0 spiro atoms. The lowest BCUT2D eigenvalue weighted by atomic mass is 10.1. The van der Waals surface area contributed by atoms with Crippen LogP contribution in [0.5, 0.6) is 0 Å². The van der Waals surface area contributed by atoms with Crippen molar-refractivity contribution in [2.75, 3.05) is 24.6 Å². The van der Waals surface area contributed by atoms with Gasteiger partial charge in [0.2, 0.25) is 0 Å². The van der Waals surface area contributed by atoms with E-state index in [1.54, 1.807) is 0 Å². The average molecular weight is 320 g/mol. The molecular weight excluding hydrogens is 300 g/mol. The van der Waals surface area contributed by atoms with Gasteiger partial charge in [-0.05, 0) is 12.5 Å². The summed E-state index contributed by atoms with van der Waals surface area (Å²) < 4.78 is 1.34. The Bertz CT molecular complexity index is 678. The van der Waals surface area contributed by atoms with E-state index in [-0.39, 0.29) is 10.7 Å². The van der Waals surface area contributed by atoms with Crippen molar-refractivity contribution in [3.05, 3.63) is 29.1 Å². The first kappa shape index (κ1) is 14.7. The fourth-order valence-electron chi connectivity index (χ4n) is 2.59. The number of thioether (sulfide) groups is 1. The van der Waals surface area contributed by atoms with E-state index in [0.717, 1.165) is 35.3 Å². The van der Waals surface area contributed by atoms with Crippen LogP contribution in [0.4, 0.5) is 5.69 Å². The molecule has 1 saturated heterocycles.